The van der Waals surface area contributed by atoms with Gasteiger partial charge in [0, 0.05) is 18.9 Å². The van der Waals surface area contributed by atoms with Gasteiger partial charge < -0.3 is 5.32 Å². The largest absolute Gasteiger partial charge is 0.370 e. The molecular weight excluding hydrogens is 224 g/mol. The highest BCUT2D eigenvalue weighted by molar-refractivity contribution is 5.71. The van der Waals surface area contributed by atoms with Gasteiger partial charge in [-0.25, -0.2) is 9.97 Å². The van der Waals surface area contributed by atoms with E-state index in [1.54, 1.807) is 12.4 Å². The molecule has 4 heteroatoms. The molecule has 0 amide bonds. The van der Waals surface area contributed by atoms with Gasteiger partial charge in [-0.1, -0.05) is 19.8 Å². The van der Waals surface area contributed by atoms with E-state index in [0.29, 0.717) is 5.65 Å². The third-order valence-electron chi connectivity index (χ3n) is 3.92. The van der Waals surface area contributed by atoms with E-state index in [4.69, 9.17) is 0 Å². The average molecular weight is 242 g/mol. The smallest absolute Gasteiger partial charge is 0.180 e. The van der Waals surface area contributed by atoms with Crippen LogP contribution in [0.3, 0.4) is 0 Å². The molecule has 1 N–H and O–H groups in total. The van der Waals surface area contributed by atoms with Crippen LogP contribution in [0.1, 0.15) is 26.2 Å². The van der Waals surface area contributed by atoms with Gasteiger partial charge in [0.1, 0.15) is 11.3 Å². The third-order valence-corrected chi connectivity index (χ3v) is 3.92. The van der Waals surface area contributed by atoms with Crippen molar-refractivity contribution in [1.29, 1.82) is 0 Å². The zero-order valence-corrected chi connectivity index (χ0v) is 10.6. The highest BCUT2D eigenvalue weighted by Crippen LogP contribution is 2.31. The topological polar surface area (TPSA) is 50.7 Å². The molecule has 94 valence electrons. The molecule has 1 aliphatic rings. The average Bonchev–Trinajstić information content (AvgIpc) is 2.82. The number of rotatable bonds is 3. The van der Waals surface area contributed by atoms with Crippen molar-refractivity contribution in [2.24, 2.45) is 11.8 Å². The second-order valence-corrected chi connectivity index (χ2v) is 5.14. The lowest BCUT2D eigenvalue weighted by molar-refractivity contribution is 0.439. The summed E-state index contributed by atoms with van der Waals surface area (Å²) in [5.74, 6) is 2.52. The number of nitrogens with one attached hydrogen (secondary N) is 1. The molecule has 4 nitrogen and oxygen atoms in total. The van der Waals surface area contributed by atoms with E-state index in [9.17, 15) is 0 Å². The predicted molar refractivity (Wildman–Crippen MR) is 72.3 cm³/mol. The Hall–Kier alpha value is -1.71. The van der Waals surface area contributed by atoms with Crippen LogP contribution in [-0.2, 0) is 0 Å². The van der Waals surface area contributed by atoms with Gasteiger partial charge >= 0.3 is 0 Å². The Morgan fingerprint density at radius 1 is 1.22 bits per heavy atom. The monoisotopic (exact) mass is 242 g/mol. The van der Waals surface area contributed by atoms with Gasteiger partial charge in [-0.2, -0.15) is 0 Å². The summed E-state index contributed by atoms with van der Waals surface area (Å²) in [6.07, 6.45) is 7.43. The summed E-state index contributed by atoms with van der Waals surface area (Å²) < 4.78 is 0. The number of fused-ring (bicyclic) bond motifs is 1. The standard InChI is InChI=1S/C14H18N4/c1-10-3-2-4-11(10)9-17-13-6-5-12-14(18-13)16-8-7-15-12/h5-8,10-11H,2-4,9H2,1H3,(H,16,17,18). The van der Waals surface area contributed by atoms with Gasteiger partial charge in [0.15, 0.2) is 5.65 Å². The van der Waals surface area contributed by atoms with Crippen LogP contribution < -0.4 is 5.32 Å². The number of anilines is 1. The Morgan fingerprint density at radius 3 is 2.94 bits per heavy atom. The first-order chi connectivity index (χ1) is 8.83. The van der Waals surface area contributed by atoms with E-state index in [1.807, 2.05) is 12.1 Å². The summed E-state index contributed by atoms with van der Waals surface area (Å²) in [7, 11) is 0. The molecule has 0 radical (unpaired) electrons. The Bertz CT molecular complexity index is 540. The second kappa shape index (κ2) is 4.88. The van der Waals surface area contributed by atoms with Crippen molar-refractivity contribution in [3.05, 3.63) is 24.5 Å². The zero-order valence-electron chi connectivity index (χ0n) is 10.6. The fourth-order valence-corrected chi connectivity index (χ4v) is 2.71. The predicted octanol–water partition coefficient (Wildman–Crippen LogP) is 2.87. The summed E-state index contributed by atoms with van der Waals surface area (Å²) in [6.45, 7) is 3.36. The SMILES string of the molecule is CC1CCCC1CNc1ccc2nccnc2n1. The van der Waals surface area contributed by atoms with Crippen LogP contribution in [0.25, 0.3) is 11.2 Å². The van der Waals surface area contributed by atoms with E-state index in [2.05, 4.69) is 27.2 Å². The van der Waals surface area contributed by atoms with E-state index >= 15 is 0 Å². The number of pyridine rings is 1. The molecule has 0 aromatic carbocycles. The van der Waals surface area contributed by atoms with Gasteiger partial charge in [0.25, 0.3) is 0 Å². The van der Waals surface area contributed by atoms with Crippen LogP contribution in [0, 0.1) is 11.8 Å². The maximum Gasteiger partial charge on any atom is 0.180 e. The maximum atomic E-state index is 4.48. The van der Waals surface area contributed by atoms with Gasteiger partial charge in [-0.3, -0.25) is 4.98 Å². The first kappa shape index (κ1) is 11.4. The van der Waals surface area contributed by atoms with Crippen LogP contribution >= 0.6 is 0 Å². The molecule has 0 saturated heterocycles. The van der Waals surface area contributed by atoms with Crippen molar-refractivity contribution < 1.29 is 0 Å². The normalized spacial score (nSPS) is 23.4. The van der Waals surface area contributed by atoms with Gasteiger partial charge in [0.2, 0.25) is 0 Å². The zero-order chi connectivity index (χ0) is 12.4. The molecule has 1 saturated carbocycles. The molecule has 0 aliphatic heterocycles. The van der Waals surface area contributed by atoms with Gasteiger partial charge in [-0.05, 0) is 30.4 Å². The molecule has 18 heavy (non-hydrogen) atoms. The molecule has 3 rings (SSSR count). The summed E-state index contributed by atoms with van der Waals surface area (Å²) in [4.78, 5) is 12.9. The quantitative estimate of drug-likeness (QED) is 0.899. The first-order valence-electron chi connectivity index (χ1n) is 6.64. The van der Waals surface area contributed by atoms with Crippen molar-refractivity contribution in [2.45, 2.75) is 26.2 Å². The first-order valence-corrected chi connectivity index (χ1v) is 6.64. The van der Waals surface area contributed by atoms with Crippen molar-refractivity contribution >= 4 is 17.0 Å². The highest BCUT2D eigenvalue weighted by atomic mass is 15.0. The van der Waals surface area contributed by atoms with Gasteiger partial charge in [-0.15, -0.1) is 0 Å². The molecule has 2 aromatic rings. The minimum atomic E-state index is 0.710. The van der Waals surface area contributed by atoms with Crippen molar-refractivity contribution in [3.63, 3.8) is 0 Å². The summed E-state index contributed by atoms with van der Waals surface area (Å²) in [5, 5.41) is 3.43. The van der Waals surface area contributed by atoms with Gasteiger partial charge in [0.05, 0.1) is 0 Å². The van der Waals surface area contributed by atoms with Crippen LogP contribution in [0.2, 0.25) is 0 Å². The molecule has 2 unspecified atom stereocenters. The minimum absolute atomic E-state index is 0.710. The number of hydrogen-bond donors (Lipinski definition) is 1. The third kappa shape index (κ3) is 2.28. The van der Waals surface area contributed by atoms with Crippen molar-refractivity contribution in [1.82, 2.24) is 15.0 Å². The number of nitrogens with zero attached hydrogens (tertiary/aromatic N) is 3. The Morgan fingerprint density at radius 2 is 2.11 bits per heavy atom. The highest BCUT2D eigenvalue weighted by Gasteiger charge is 2.22. The van der Waals surface area contributed by atoms with Crippen LogP contribution in [-0.4, -0.2) is 21.5 Å². The Balaban J connectivity index is 1.71. The molecule has 2 atom stereocenters. The van der Waals surface area contributed by atoms with E-state index < -0.39 is 0 Å². The summed E-state index contributed by atoms with van der Waals surface area (Å²) in [5.41, 5.74) is 1.55. The molecule has 1 fully saturated rings. The van der Waals surface area contributed by atoms with Crippen LogP contribution in [0.5, 0.6) is 0 Å². The van der Waals surface area contributed by atoms with E-state index in [-0.39, 0.29) is 0 Å². The van der Waals surface area contributed by atoms with E-state index in [1.165, 1.54) is 19.3 Å². The molecule has 1 aliphatic carbocycles. The molecule has 2 aromatic heterocycles. The lowest BCUT2D eigenvalue weighted by atomic mass is 9.98. The Kier molecular flexibility index (Phi) is 3.09. The molecule has 2 heterocycles. The molecule has 0 spiro atoms. The number of aromatic nitrogens is 3. The number of hydrogen-bond acceptors (Lipinski definition) is 4. The fraction of sp³-hybridized carbons (Fsp3) is 0.500. The lowest BCUT2D eigenvalue weighted by Crippen LogP contribution is -2.17. The maximum absolute atomic E-state index is 4.48. The Labute approximate surface area is 107 Å². The molecule has 0 bridgehead atoms. The fourth-order valence-electron chi connectivity index (χ4n) is 2.71. The lowest BCUT2D eigenvalue weighted by Gasteiger charge is -2.16. The minimum Gasteiger partial charge on any atom is -0.370 e. The van der Waals surface area contributed by atoms with Crippen molar-refractivity contribution in [2.75, 3.05) is 11.9 Å². The van der Waals surface area contributed by atoms with Crippen molar-refractivity contribution in [3.8, 4) is 0 Å². The summed E-state index contributed by atoms with van der Waals surface area (Å²) >= 11 is 0. The summed E-state index contributed by atoms with van der Waals surface area (Å²) in [6, 6.07) is 3.95. The molecular formula is C14H18N4. The van der Waals surface area contributed by atoms with Crippen LogP contribution in [0.4, 0.5) is 5.82 Å². The van der Waals surface area contributed by atoms with Crippen LogP contribution in [0.15, 0.2) is 24.5 Å². The second-order valence-electron chi connectivity index (χ2n) is 5.14. The van der Waals surface area contributed by atoms with E-state index in [0.717, 1.165) is 29.7 Å².